The van der Waals surface area contributed by atoms with E-state index in [-0.39, 0.29) is 24.1 Å². The zero-order chi connectivity index (χ0) is 27.1. The Morgan fingerprint density at radius 2 is 1.73 bits per heavy atom. The number of hydrogen-bond acceptors (Lipinski definition) is 6. The fourth-order valence-corrected chi connectivity index (χ4v) is 5.78. The summed E-state index contributed by atoms with van der Waals surface area (Å²) in [6, 6.07) is 2.42. The second-order valence-corrected chi connectivity index (χ2v) is 11.2. The van der Waals surface area contributed by atoms with Crippen LogP contribution >= 0.6 is 0 Å². The van der Waals surface area contributed by atoms with Crippen LogP contribution in [-0.4, -0.2) is 53.4 Å². The van der Waals surface area contributed by atoms with Gasteiger partial charge in [0.25, 0.3) is 11.8 Å². The van der Waals surface area contributed by atoms with Crippen LogP contribution in [0.5, 0.6) is 0 Å². The highest BCUT2D eigenvalue weighted by Crippen LogP contribution is 2.32. The molecule has 0 bridgehead atoms. The highest BCUT2D eigenvalue weighted by Gasteiger charge is 2.28. The van der Waals surface area contributed by atoms with E-state index in [1.165, 1.54) is 25.5 Å². The molecule has 208 valence electrons. The fourth-order valence-electron chi connectivity index (χ4n) is 5.78. The first kappa shape index (κ1) is 25.0. The van der Waals surface area contributed by atoms with Crippen molar-refractivity contribution in [3.05, 3.63) is 54.4 Å². The monoisotopic (exact) mass is 542 g/mol. The van der Waals surface area contributed by atoms with Crippen molar-refractivity contribution < 1.29 is 14.3 Å². The van der Waals surface area contributed by atoms with E-state index >= 15 is 0 Å². The lowest BCUT2D eigenvalue weighted by Crippen LogP contribution is -2.26. The molecule has 0 aromatic carbocycles. The second kappa shape index (κ2) is 10.5. The molecule has 0 radical (unpaired) electrons. The molecule has 2 N–H and O–H groups in total. The molecule has 40 heavy (non-hydrogen) atoms. The number of amides is 2. The molecule has 11 nitrogen and oxygen atoms in total. The molecule has 0 spiro atoms. The van der Waals surface area contributed by atoms with Crippen molar-refractivity contribution >= 4 is 23.1 Å². The van der Waals surface area contributed by atoms with Gasteiger partial charge in [-0.25, -0.2) is 14.2 Å². The molecule has 11 heteroatoms. The smallest absolute Gasteiger partial charge is 0.261 e. The minimum atomic E-state index is -0.354. The van der Waals surface area contributed by atoms with Gasteiger partial charge in [-0.1, -0.05) is 19.3 Å². The Balaban J connectivity index is 1.15. The molecule has 3 fully saturated rings. The third-order valence-electron chi connectivity index (χ3n) is 8.21. The Morgan fingerprint density at radius 3 is 2.52 bits per heavy atom. The van der Waals surface area contributed by atoms with Crippen molar-refractivity contribution in [2.24, 2.45) is 0 Å². The van der Waals surface area contributed by atoms with Gasteiger partial charge in [-0.3, -0.25) is 9.59 Å². The lowest BCUT2D eigenvalue weighted by molar-refractivity contribution is -0.0394. The van der Waals surface area contributed by atoms with Crippen molar-refractivity contribution in [1.82, 2.24) is 34.3 Å². The fraction of sp³-hybridized carbons (Fsp3) is 0.483. The quantitative estimate of drug-likeness (QED) is 0.348. The topological polar surface area (TPSA) is 120 Å². The number of nitrogens with zero attached hydrogens (tertiary/aromatic N) is 6. The third kappa shape index (κ3) is 5.01. The molecule has 5 heterocycles. The molecule has 4 aromatic rings. The van der Waals surface area contributed by atoms with Crippen molar-refractivity contribution in [3.63, 3.8) is 0 Å². The summed E-state index contributed by atoms with van der Waals surface area (Å²) in [5.41, 5.74) is 3.31. The Labute approximate surface area is 231 Å². The molecule has 2 amide bonds. The number of anilines is 1. The standard InChI is InChI=1S/C29H34N8O3/c38-28(34-25-18-35(21-6-2-1-3-7-21)17-23(25)29(39)32-20-9-10-20)22-15-31-36-12-11-24(33-27(22)36)19-14-30-37(16-19)26-8-4-5-13-40-26/h11-12,14-18,20-21,26H,1-10,13H2,(H,32,39)(H,34,38). The van der Waals surface area contributed by atoms with E-state index in [1.54, 1.807) is 16.9 Å². The van der Waals surface area contributed by atoms with Crippen LogP contribution < -0.4 is 10.6 Å². The van der Waals surface area contributed by atoms with Crippen LogP contribution in [0, 0.1) is 0 Å². The number of fused-ring (bicyclic) bond motifs is 1. The number of hydrogen-bond donors (Lipinski definition) is 2. The number of carbonyl (C=O) groups excluding carboxylic acids is 2. The van der Waals surface area contributed by atoms with Crippen LogP contribution in [0.15, 0.2) is 43.2 Å². The summed E-state index contributed by atoms with van der Waals surface area (Å²) in [6.45, 7) is 0.742. The van der Waals surface area contributed by atoms with E-state index in [1.807, 2.05) is 29.3 Å². The summed E-state index contributed by atoms with van der Waals surface area (Å²) in [5.74, 6) is -0.501. The predicted octanol–water partition coefficient (Wildman–Crippen LogP) is 4.74. The maximum Gasteiger partial charge on any atom is 0.261 e. The number of nitrogens with one attached hydrogen (secondary N) is 2. The zero-order valence-corrected chi connectivity index (χ0v) is 22.5. The molecule has 4 aromatic heterocycles. The molecule has 1 unspecified atom stereocenters. The van der Waals surface area contributed by atoms with Gasteiger partial charge in [0.2, 0.25) is 0 Å². The average molecular weight is 543 g/mol. The molecule has 3 aliphatic rings. The summed E-state index contributed by atoms with van der Waals surface area (Å²) >= 11 is 0. The maximum absolute atomic E-state index is 13.6. The SMILES string of the molecule is O=C(NC1CC1)c1cn(C2CCCCC2)cc1NC(=O)c1cnn2ccc(-c3cnn(C4CCCCO4)c3)nc12. The molecule has 2 aliphatic carbocycles. The van der Waals surface area contributed by atoms with E-state index in [0.29, 0.717) is 34.2 Å². The molecule has 1 atom stereocenters. The van der Waals surface area contributed by atoms with Crippen molar-refractivity contribution in [1.29, 1.82) is 0 Å². The highest BCUT2D eigenvalue weighted by atomic mass is 16.5. The van der Waals surface area contributed by atoms with E-state index < -0.39 is 0 Å². The average Bonchev–Trinajstić information content (AvgIpc) is 3.37. The van der Waals surface area contributed by atoms with E-state index in [4.69, 9.17) is 9.72 Å². The summed E-state index contributed by atoms with van der Waals surface area (Å²) in [4.78, 5) is 31.4. The second-order valence-electron chi connectivity index (χ2n) is 11.2. The van der Waals surface area contributed by atoms with Gasteiger partial charge >= 0.3 is 0 Å². The lowest BCUT2D eigenvalue weighted by atomic mass is 9.95. The van der Waals surface area contributed by atoms with Gasteiger partial charge in [0.1, 0.15) is 11.8 Å². The first-order valence-electron chi connectivity index (χ1n) is 14.5. The van der Waals surface area contributed by atoms with Gasteiger partial charge < -0.3 is 19.9 Å². The van der Waals surface area contributed by atoms with Crippen molar-refractivity contribution in [2.45, 2.75) is 82.5 Å². The van der Waals surface area contributed by atoms with Crippen LogP contribution in [0.25, 0.3) is 16.9 Å². The molecular weight excluding hydrogens is 508 g/mol. The molecule has 7 rings (SSSR count). The van der Waals surface area contributed by atoms with Crippen LogP contribution in [-0.2, 0) is 4.74 Å². The molecule has 2 saturated carbocycles. The van der Waals surface area contributed by atoms with Gasteiger partial charge in [-0.05, 0) is 51.0 Å². The van der Waals surface area contributed by atoms with Crippen LogP contribution in [0.4, 0.5) is 5.69 Å². The third-order valence-corrected chi connectivity index (χ3v) is 8.21. The van der Waals surface area contributed by atoms with Gasteiger partial charge in [0.15, 0.2) is 5.65 Å². The summed E-state index contributed by atoms with van der Waals surface area (Å²) in [6.07, 6.45) is 21.6. The molecular formula is C29H34N8O3. The van der Waals surface area contributed by atoms with Crippen LogP contribution in [0.1, 0.15) is 97.2 Å². The van der Waals surface area contributed by atoms with Crippen LogP contribution in [0.3, 0.4) is 0 Å². The van der Waals surface area contributed by atoms with E-state index in [2.05, 4.69) is 25.4 Å². The normalized spacial score (nSPS) is 20.1. The van der Waals surface area contributed by atoms with Crippen LogP contribution in [0.2, 0.25) is 0 Å². The minimum absolute atomic E-state index is 0.0604. The Kier molecular flexibility index (Phi) is 6.58. The zero-order valence-electron chi connectivity index (χ0n) is 22.5. The Morgan fingerprint density at radius 1 is 0.875 bits per heavy atom. The van der Waals surface area contributed by atoms with Crippen molar-refractivity contribution in [3.8, 4) is 11.3 Å². The van der Waals surface area contributed by atoms with Gasteiger partial charge in [0, 0.05) is 49.0 Å². The first-order chi connectivity index (χ1) is 19.6. The summed E-state index contributed by atoms with van der Waals surface area (Å²) < 4.78 is 11.4. The predicted molar refractivity (Wildman–Crippen MR) is 148 cm³/mol. The summed E-state index contributed by atoms with van der Waals surface area (Å²) in [7, 11) is 0. The highest BCUT2D eigenvalue weighted by molar-refractivity contribution is 6.11. The Bertz CT molecular complexity index is 1540. The van der Waals surface area contributed by atoms with Gasteiger partial charge in [-0.15, -0.1) is 0 Å². The first-order valence-corrected chi connectivity index (χ1v) is 14.5. The lowest BCUT2D eigenvalue weighted by Gasteiger charge is -2.23. The maximum atomic E-state index is 13.6. The number of aromatic nitrogens is 6. The molecule has 1 aliphatic heterocycles. The van der Waals surface area contributed by atoms with Gasteiger partial charge in [0.05, 0.1) is 29.3 Å². The minimum Gasteiger partial charge on any atom is -0.357 e. The number of rotatable bonds is 7. The number of ether oxygens (including phenoxy) is 1. The number of carbonyl (C=O) groups is 2. The van der Waals surface area contributed by atoms with Gasteiger partial charge in [-0.2, -0.15) is 10.2 Å². The largest absolute Gasteiger partial charge is 0.357 e. The van der Waals surface area contributed by atoms with Crippen molar-refractivity contribution in [2.75, 3.05) is 11.9 Å². The Hall–Kier alpha value is -3.99. The molecule has 1 saturated heterocycles. The van der Waals surface area contributed by atoms with E-state index in [9.17, 15) is 9.59 Å². The summed E-state index contributed by atoms with van der Waals surface area (Å²) in [5, 5.41) is 14.9. The van der Waals surface area contributed by atoms with E-state index in [0.717, 1.165) is 57.1 Å².